The predicted octanol–water partition coefficient (Wildman–Crippen LogP) is 7.54. The number of phenols is 1. The molecule has 1 N–H and O–H groups in total. The highest BCUT2D eigenvalue weighted by atomic mass is 79.9. The molecular weight excluding hydrogens is 687 g/mol. The molecule has 2 aliphatic heterocycles. The van der Waals surface area contributed by atoms with E-state index in [2.05, 4.69) is 15.9 Å². The smallest absolute Gasteiger partial charge is 0.241 e. The van der Waals surface area contributed by atoms with E-state index in [9.17, 15) is 28.7 Å². The van der Waals surface area contributed by atoms with Gasteiger partial charge < -0.3 is 5.11 Å². The first-order chi connectivity index (χ1) is 22.5. The Labute approximate surface area is 282 Å². The van der Waals surface area contributed by atoms with E-state index in [1.807, 2.05) is 30.3 Å². The molecular formula is C37H27BrClFN2O5. The summed E-state index contributed by atoms with van der Waals surface area (Å²) in [5.74, 6) is -6.02. The zero-order chi connectivity index (χ0) is 32.9. The number of fused-ring (bicyclic) bond motifs is 5. The van der Waals surface area contributed by atoms with Gasteiger partial charge in [-0.05, 0) is 85.0 Å². The maximum absolute atomic E-state index is 14.7. The second-order valence-electron chi connectivity index (χ2n) is 13.0. The average Bonchev–Trinajstić information content (AvgIpc) is 3.43. The van der Waals surface area contributed by atoms with Crippen molar-refractivity contribution in [1.82, 2.24) is 0 Å². The minimum Gasteiger partial charge on any atom is -0.508 e. The lowest BCUT2D eigenvalue weighted by Gasteiger charge is -2.49. The van der Waals surface area contributed by atoms with Gasteiger partial charge in [0.25, 0.3) is 0 Å². The van der Waals surface area contributed by atoms with Crippen LogP contribution in [0.5, 0.6) is 5.75 Å². The van der Waals surface area contributed by atoms with Crippen molar-refractivity contribution in [2.24, 2.45) is 29.1 Å². The molecule has 47 heavy (non-hydrogen) atoms. The van der Waals surface area contributed by atoms with E-state index >= 15 is 0 Å². The number of phenolic OH excluding ortho intramolecular Hbond substituents is 1. The highest BCUT2D eigenvalue weighted by Crippen LogP contribution is 2.65. The Morgan fingerprint density at radius 1 is 0.872 bits per heavy atom. The van der Waals surface area contributed by atoms with Crippen LogP contribution in [0.25, 0.3) is 10.8 Å². The van der Waals surface area contributed by atoms with E-state index in [1.165, 1.54) is 17.0 Å². The van der Waals surface area contributed by atoms with E-state index in [4.69, 9.17) is 11.6 Å². The lowest BCUT2D eigenvalue weighted by Crippen LogP contribution is -2.49. The number of benzene rings is 4. The van der Waals surface area contributed by atoms with Gasteiger partial charge in [0.2, 0.25) is 23.6 Å². The number of aromatic hydroxyl groups is 1. The molecule has 6 atom stereocenters. The first kappa shape index (κ1) is 30.0. The summed E-state index contributed by atoms with van der Waals surface area (Å²) < 4.78 is 15.0. The SMILES string of the molecule is C[C@@]12C(=O)N(c3ccc(F)c(Cl)c3)C(=O)[C@@H]1C[C@@H]1C(=CC[C@@H]3C(=O)N(c4ccc(Br)cc4)C(=O)[C@@H]31)[C@@H]2c1c(O)ccc2ccccc12. The number of carbonyl (C=O) groups excluding carboxylic acids is 4. The lowest BCUT2D eigenvalue weighted by molar-refractivity contribution is -0.131. The normalized spacial score (nSPS) is 28.4. The van der Waals surface area contributed by atoms with Crippen LogP contribution in [0.3, 0.4) is 0 Å². The number of amides is 4. The van der Waals surface area contributed by atoms with Crippen LogP contribution in [0.15, 0.2) is 95.0 Å². The van der Waals surface area contributed by atoms with Crippen molar-refractivity contribution in [2.45, 2.75) is 25.7 Å². The molecule has 2 heterocycles. The second kappa shape index (κ2) is 10.6. The third-order valence-corrected chi connectivity index (χ3v) is 11.6. The van der Waals surface area contributed by atoms with Crippen LogP contribution in [-0.2, 0) is 19.2 Å². The number of halogens is 3. The van der Waals surface area contributed by atoms with Crippen LogP contribution in [0.1, 0.15) is 31.2 Å². The molecule has 1 saturated carbocycles. The van der Waals surface area contributed by atoms with Crippen molar-refractivity contribution in [1.29, 1.82) is 0 Å². The Hall–Kier alpha value is -4.34. The monoisotopic (exact) mass is 712 g/mol. The van der Waals surface area contributed by atoms with Crippen molar-refractivity contribution in [3.63, 3.8) is 0 Å². The number of hydrogen-bond acceptors (Lipinski definition) is 5. The van der Waals surface area contributed by atoms with Crippen molar-refractivity contribution in [3.05, 3.63) is 111 Å². The topological polar surface area (TPSA) is 95.0 Å². The zero-order valence-electron chi connectivity index (χ0n) is 25.0. The fraction of sp³-hybridized carbons (Fsp3) is 0.243. The molecule has 0 spiro atoms. The van der Waals surface area contributed by atoms with E-state index in [1.54, 1.807) is 43.3 Å². The summed E-state index contributed by atoms with van der Waals surface area (Å²) in [6, 6.07) is 21.6. The molecule has 0 radical (unpaired) electrons. The predicted molar refractivity (Wildman–Crippen MR) is 178 cm³/mol. The van der Waals surface area contributed by atoms with Gasteiger partial charge in [-0.25, -0.2) is 9.29 Å². The Kier molecular flexibility index (Phi) is 6.76. The summed E-state index contributed by atoms with van der Waals surface area (Å²) in [6.07, 6.45) is 2.37. The van der Waals surface area contributed by atoms with Crippen molar-refractivity contribution < 1.29 is 28.7 Å². The molecule has 0 aromatic heterocycles. The highest BCUT2D eigenvalue weighted by Gasteiger charge is 2.68. The minimum atomic E-state index is -1.38. The second-order valence-corrected chi connectivity index (χ2v) is 14.3. The molecule has 2 saturated heterocycles. The van der Waals surface area contributed by atoms with Gasteiger partial charge in [-0.1, -0.05) is 69.5 Å². The molecule has 236 valence electrons. The number of rotatable bonds is 3. The van der Waals surface area contributed by atoms with Crippen LogP contribution in [0.2, 0.25) is 5.02 Å². The van der Waals surface area contributed by atoms with Crippen LogP contribution in [-0.4, -0.2) is 28.7 Å². The number of carbonyl (C=O) groups is 4. The van der Waals surface area contributed by atoms with E-state index in [0.29, 0.717) is 11.3 Å². The fourth-order valence-corrected chi connectivity index (χ4v) is 9.06. The molecule has 4 aromatic rings. The fourth-order valence-electron chi connectivity index (χ4n) is 8.63. The Morgan fingerprint density at radius 3 is 2.34 bits per heavy atom. The van der Waals surface area contributed by atoms with Gasteiger partial charge in [-0.15, -0.1) is 0 Å². The summed E-state index contributed by atoms with van der Waals surface area (Å²) in [4.78, 5) is 59.6. The van der Waals surface area contributed by atoms with E-state index in [-0.39, 0.29) is 41.1 Å². The Bertz CT molecular complexity index is 2100. The van der Waals surface area contributed by atoms with Crippen molar-refractivity contribution in [2.75, 3.05) is 9.80 Å². The van der Waals surface area contributed by atoms with Crippen LogP contribution < -0.4 is 9.80 Å². The molecule has 4 aromatic carbocycles. The van der Waals surface area contributed by atoms with Crippen LogP contribution >= 0.6 is 27.5 Å². The number of anilines is 2. The molecule has 8 rings (SSSR count). The van der Waals surface area contributed by atoms with Gasteiger partial charge >= 0.3 is 0 Å². The summed E-state index contributed by atoms with van der Waals surface area (Å²) in [6.45, 7) is 1.74. The highest BCUT2D eigenvalue weighted by molar-refractivity contribution is 9.10. The molecule has 4 aliphatic rings. The number of nitrogens with zero attached hydrogens (tertiary/aromatic N) is 2. The molecule has 10 heteroatoms. The van der Waals surface area contributed by atoms with Gasteiger partial charge in [0.1, 0.15) is 11.6 Å². The Balaban J connectivity index is 1.32. The standard InChI is InChI=1S/C37H27BrClFN2O5/c1-37-26(34(45)42(36(37)47)21-11-14-28(40)27(39)16-21)17-25-23(32(37)31-22-5-3-2-4-18(22)6-15-29(31)43)12-13-24-30(25)35(46)41(33(24)44)20-9-7-19(38)8-10-20/h2-12,14-16,24-26,30,32,43H,13,17H2,1H3/t24-,25+,26-,30-,32+,37+/m0/s1. The largest absolute Gasteiger partial charge is 0.508 e. The quantitative estimate of drug-likeness (QED) is 0.175. The van der Waals surface area contributed by atoms with Gasteiger partial charge in [0.15, 0.2) is 0 Å². The number of allylic oxidation sites excluding steroid dienone is 2. The molecule has 4 amide bonds. The van der Waals surface area contributed by atoms with Gasteiger partial charge in [-0.3, -0.25) is 24.1 Å². The first-order valence-electron chi connectivity index (χ1n) is 15.4. The summed E-state index contributed by atoms with van der Waals surface area (Å²) in [7, 11) is 0. The summed E-state index contributed by atoms with van der Waals surface area (Å²) in [5.41, 5.74) is 0.481. The summed E-state index contributed by atoms with van der Waals surface area (Å²) >= 11 is 9.51. The molecule has 3 fully saturated rings. The lowest BCUT2D eigenvalue weighted by atomic mass is 9.51. The van der Waals surface area contributed by atoms with Gasteiger partial charge in [0, 0.05) is 16.0 Å². The molecule has 2 aliphatic carbocycles. The number of hydrogen-bond donors (Lipinski definition) is 1. The average molecular weight is 714 g/mol. The maximum atomic E-state index is 14.7. The summed E-state index contributed by atoms with van der Waals surface area (Å²) in [5, 5.41) is 12.9. The van der Waals surface area contributed by atoms with Crippen molar-refractivity contribution >= 4 is 73.3 Å². The van der Waals surface area contributed by atoms with Gasteiger partial charge in [0.05, 0.1) is 39.6 Å². The first-order valence-corrected chi connectivity index (χ1v) is 16.6. The zero-order valence-corrected chi connectivity index (χ0v) is 27.3. The van der Waals surface area contributed by atoms with Crippen molar-refractivity contribution in [3.8, 4) is 5.75 Å². The molecule has 0 bridgehead atoms. The third-order valence-electron chi connectivity index (χ3n) is 10.8. The molecule has 7 nitrogen and oxygen atoms in total. The number of imide groups is 2. The third kappa shape index (κ3) is 4.15. The van der Waals surface area contributed by atoms with Crippen LogP contribution in [0, 0.1) is 34.9 Å². The van der Waals surface area contributed by atoms with E-state index < -0.39 is 52.6 Å². The molecule has 0 unspecified atom stereocenters. The maximum Gasteiger partial charge on any atom is 0.241 e. The minimum absolute atomic E-state index is 0.0359. The Morgan fingerprint density at radius 2 is 1.60 bits per heavy atom. The van der Waals surface area contributed by atoms with Gasteiger partial charge in [-0.2, -0.15) is 0 Å². The van der Waals surface area contributed by atoms with Crippen LogP contribution in [0.4, 0.5) is 15.8 Å². The van der Waals surface area contributed by atoms with E-state index in [0.717, 1.165) is 31.8 Å².